The fraction of sp³-hybridized carbons (Fsp3) is 0.333. The van der Waals surface area contributed by atoms with Crippen LogP contribution >= 0.6 is 0 Å². The first-order valence-corrected chi connectivity index (χ1v) is 7.96. The van der Waals surface area contributed by atoms with Crippen LogP contribution in [-0.4, -0.2) is 35.5 Å². The van der Waals surface area contributed by atoms with Gasteiger partial charge in [-0.3, -0.25) is 4.79 Å². The molecule has 126 valence electrons. The Morgan fingerprint density at radius 3 is 2.75 bits per heavy atom. The molecule has 24 heavy (non-hydrogen) atoms. The lowest BCUT2D eigenvalue weighted by Crippen LogP contribution is -2.32. The van der Waals surface area contributed by atoms with Crippen molar-refractivity contribution in [3.05, 3.63) is 41.8 Å². The molecule has 1 fully saturated rings. The zero-order chi connectivity index (χ0) is 17.1. The van der Waals surface area contributed by atoms with Crippen LogP contribution in [0.4, 0.5) is 10.2 Å². The number of hydrogen-bond acceptors (Lipinski definition) is 4. The standard InChI is InChI=1S/C18H20FN3O2/c1-12-6-17(20)21-10-16(12)13-7-14(19)9-15(8-13)24-11-18(23)22-4-2-3-5-22/h6-10H,2-5,11H2,1H3,(H2,20,21). The predicted octanol–water partition coefficient (Wildman–Crippen LogP) is 2.78. The lowest BCUT2D eigenvalue weighted by Gasteiger charge is -2.16. The van der Waals surface area contributed by atoms with Crippen molar-refractivity contribution in [2.75, 3.05) is 25.4 Å². The summed E-state index contributed by atoms with van der Waals surface area (Å²) in [5.74, 6) is 0.255. The number of rotatable bonds is 4. The Kier molecular flexibility index (Phi) is 4.64. The van der Waals surface area contributed by atoms with E-state index in [0.29, 0.717) is 17.1 Å². The number of nitrogen functional groups attached to an aromatic ring is 1. The van der Waals surface area contributed by atoms with Crippen LogP contribution in [0.2, 0.25) is 0 Å². The molecule has 1 amide bonds. The number of nitrogens with zero attached hydrogens (tertiary/aromatic N) is 2. The molecule has 0 aliphatic carbocycles. The molecule has 5 nitrogen and oxygen atoms in total. The van der Waals surface area contributed by atoms with Crippen LogP contribution in [0.1, 0.15) is 18.4 Å². The van der Waals surface area contributed by atoms with Gasteiger partial charge in [-0.05, 0) is 49.1 Å². The summed E-state index contributed by atoms with van der Waals surface area (Å²) in [5, 5.41) is 0. The summed E-state index contributed by atoms with van der Waals surface area (Å²) in [6.45, 7) is 3.34. The molecule has 2 heterocycles. The number of amides is 1. The Morgan fingerprint density at radius 2 is 2.04 bits per heavy atom. The molecular weight excluding hydrogens is 309 g/mol. The summed E-state index contributed by atoms with van der Waals surface area (Å²) in [7, 11) is 0. The van der Waals surface area contributed by atoms with Crippen LogP contribution in [0, 0.1) is 12.7 Å². The fourth-order valence-corrected chi connectivity index (χ4v) is 2.88. The van der Waals surface area contributed by atoms with Gasteiger partial charge in [-0.15, -0.1) is 0 Å². The van der Waals surface area contributed by atoms with E-state index in [2.05, 4.69) is 4.98 Å². The summed E-state index contributed by atoms with van der Waals surface area (Å²) >= 11 is 0. The van der Waals surface area contributed by atoms with E-state index in [-0.39, 0.29) is 12.5 Å². The van der Waals surface area contributed by atoms with Gasteiger partial charge in [-0.2, -0.15) is 0 Å². The quantitative estimate of drug-likeness (QED) is 0.936. The summed E-state index contributed by atoms with van der Waals surface area (Å²) in [6.07, 6.45) is 3.66. The van der Waals surface area contributed by atoms with E-state index in [4.69, 9.17) is 10.5 Å². The van der Waals surface area contributed by atoms with Crippen molar-refractivity contribution in [1.29, 1.82) is 0 Å². The molecule has 6 heteroatoms. The summed E-state index contributed by atoms with van der Waals surface area (Å²) in [4.78, 5) is 17.9. The lowest BCUT2D eigenvalue weighted by molar-refractivity contribution is -0.132. The van der Waals surface area contributed by atoms with Crippen molar-refractivity contribution in [3.63, 3.8) is 0 Å². The number of likely N-dealkylation sites (tertiary alicyclic amines) is 1. The average Bonchev–Trinajstić information content (AvgIpc) is 3.06. The Labute approximate surface area is 140 Å². The van der Waals surface area contributed by atoms with Crippen molar-refractivity contribution in [2.24, 2.45) is 0 Å². The molecule has 0 unspecified atom stereocenters. The van der Waals surface area contributed by atoms with Gasteiger partial charge in [0.15, 0.2) is 6.61 Å². The number of nitrogens with two attached hydrogens (primary N) is 1. The van der Waals surface area contributed by atoms with Crippen molar-refractivity contribution in [3.8, 4) is 16.9 Å². The van der Waals surface area contributed by atoms with Gasteiger partial charge in [0, 0.05) is 30.9 Å². The highest BCUT2D eigenvalue weighted by Gasteiger charge is 2.18. The van der Waals surface area contributed by atoms with Crippen LogP contribution in [-0.2, 0) is 4.79 Å². The molecule has 0 spiro atoms. The number of carbonyl (C=O) groups excluding carboxylic acids is 1. The normalized spacial score (nSPS) is 14.0. The van der Waals surface area contributed by atoms with E-state index in [9.17, 15) is 9.18 Å². The summed E-state index contributed by atoms with van der Waals surface area (Å²) < 4.78 is 19.4. The topological polar surface area (TPSA) is 68.5 Å². The largest absolute Gasteiger partial charge is 0.484 e. The molecule has 2 N–H and O–H groups in total. The predicted molar refractivity (Wildman–Crippen MR) is 90.1 cm³/mol. The minimum atomic E-state index is -0.424. The molecule has 1 saturated heterocycles. The van der Waals surface area contributed by atoms with E-state index in [1.165, 1.54) is 12.1 Å². The average molecular weight is 329 g/mol. The SMILES string of the molecule is Cc1cc(N)ncc1-c1cc(F)cc(OCC(=O)N2CCCC2)c1. The first-order valence-electron chi connectivity index (χ1n) is 7.96. The number of aryl methyl sites for hydroxylation is 1. The third kappa shape index (κ3) is 3.64. The first kappa shape index (κ1) is 16.2. The molecule has 1 aromatic carbocycles. The molecule has 1 aliphatic rings. The van der Waals surface area contributed by atoms with Gasteiger partial charge >= 0.3 is 0 Å². The van der Waals surface area contributed by atoms with E-state index in [0.717, 1.165) is 37.1 Å². The molecule has 1 aromatic heterocycles. The molecular formula is C18H20FN3O2. The number of ether oxygens (including phenoxy) is 1. The van der Waals surface area contributed by atoms with E-state index >= 15 is 0 Å². The lowest BCUT2D eigenvalue weighted by atomic mass is 10.0. The van der Waals surface area contributed by atoms with Crippen LogP contribution < -0.4 is 10.5 Å². The van der Waals surface area contributed by atoms with Crippen molar-refractivity contribution in [2.45, 2.75) is 19.8 Å². The first-order chi connectivity index (χ1) is 11.5. The highest BCUT2D eigenvalue weighted by atomic mass is 19.1. The van der Waals surface area contributed by atoms with Crippen LogP contribution in [0.5, 0.6) is 5.75 Å². The van der Waals surface area contributed by atoms with Crippen LogP contribution in [0.25, 0.3) is 11.1 Å². The fourth-order valence-electron chi connectivity index (χ4n) is 2.88. The number of halogens is 1. The van der Waals surface area contributed by atoms with E-state index in [1.807, 2.05) is 6.92 Å². The molecule has 0 atom stereocenters. The third-order valence-corrected chi connectivity index (χ3v) is 4.14. The molecule has 2 aromatic rings. The van der Waals surface area contributed by atoms with Gasteiger partial charge < -0.3 is 15.4 Å². The minimum Gasteiger partial charge on any atom is -0.484 e. The molecule has 1 aliphatic heterocycles. The Balaban J connectivity index is 1.77. The maximum absolute atomic E-state index is 13.9. The second-order valence-corrected chi connectivity index (χ2v) is 5.98. The highest BCUT2D eigenvalue weighted by molar-refractivity contribution is 5.78. The smallest absolute Gasteiger partial charge is 0.260 e. The van der Waals surface area contributed by atoms with E-state index < -0.39 is 5.82 Å². The summed E-state index contributed by atoms with van der Waals surface area (Å²) in [6, 6.07) is 6.13. The second kappa shape index (κ2) is 6.86. The molecule has 0 saturated carbocycles. The molecule has 3 rings (SSSR count). The van der Waals surface area contributed by atoms with Crippen molar-refractivity contribution < 1.29 is 13.9 Å². The second-order valence-electron chi connectivity index (χ2n) is 5.98. The number of aromatic nitrogens is 1. The summed E-state index contributed by atoms with van der Waals surface area (Å²) in [5.41, 5.74) is 7.97. The third-order valence-electron chi connectivity index (χ3n) is 4.14. The Morgan fingerprint density at radius 1 is 1.29 bits per heavy atom. The molecule has 0 bridgehead atoms. The zero-order valence-electron chi connectivity index (χ0n) is 13.6. The van der Waals surface area contributed by atoms with Crippen molar-refractivity contribution in [1.82, 2.24) is 9.88 Å². The van der Waals surface area contributed by atoms with Crippen LogP contribution in [0.3, 0.4) is 0 Å². The highest BCUT2D eigenvalue weighted by Crippen LogP contribution is 2.28. The Bertz CT molecular complexity index is 758. The van der Waals surface area contributed by atoms with Gasteiger partial charge in [0.1, 0.15) is 17.4 Å². The minimum absolute atomic E-state index is 0.0661. The monoisotopic (exact) mass is 329 g/mol. The van der Waals surface area contributed by atoms with Crippen molar-refractivity contribution >= 4 is 11.7 Å². The van der Waals surface area contributed by atoms with Gasteiger partial charge in [-0.1, -0.05) is 0 Å². The zero-order valence-corrected chi connectivity index (χ0v) is 13.6. The number of anilines is 1. The number of hydrogen-bond donors (Lipinski definition) is 1. The number of pyridine rings is 1. The number of benzene rings is 1. The maximum Gasteiger partial charge on any atom is 0.260 e. The number of carbonyl (C=O) groups is 1. The van der Waals surface area contributed by atoms with Gasteiger partial charge in [0.05, 0.1) is 0 Å². The van der Waals surface area contributed by atoms with Gasteiger partial charge in [0.25, 0.3) is 5.91 Å². The van der Waals surface area contributed by atoms with Gasteiger partial charge in [-0.25, -0.2) is 9.37 Å². The van der Waals surface area contributed by atoms with Crippen LogP contribution in [0.15, 0.2) is 30.5 Å². The van der Waals surface area contributed by atoms with Gasteiger partial charge in [0.2, 0.25) is 0 Å². The maximum atomic E-state index is 13.9. The molecule has 0 radical (unpaired) electrons. The van der Waals surface area contributed by atoms with E-state index in [1.54, 1.807) is 23.2 Å². The Hall–Kier alpha value is -2.63.